The maximum absolute atomic E-state index is 12.7. The first kappa shape index (κ1) is 42.8. The Morgan fingerprint density at radius 1 is 0.911 bits per heavy atom. The van der Waals surface area contributed by atoms with E-state index in [1.165, 1.54) is 25.7 Å². The topological polar surface area (TPSA) is 161 Å². The highest BCUT2D eigenvalue weighted by Gasteiger charge is 2.26. The van der Waals surface area contributed by atoms with E-state index in [0.717, 1.165) is 5.75 Å². The van der Waals surface area contributed by atoms with Crippen molar-refractivity contribution in [2.24, 2.45) is 0 Å². The number of carbonyl (C=O) groups excluding carboxylic acids is 5. The van der Waals surface area contributed by atoms with Gasteiger partial charge in [0, 0.05) is 13.5 Å². The van der Waals surface area contributed by atoms with E-state index < -0.39 is 41.6 Å². The normalized spacial score (nSPS) is 11.3. The number of carbonyl (C=O) groups is 5. The number of amides is 4. The molecule has 1 aromatic carbocycles. The highest BCUT2D eigenvalue weighted by Crippen LogP contribution is 2.11. The van der Waals surface area contributed by atoms with Crippen LogP contribution in [-0.2, 0) is 28.7 Å². The van der Waals surface area contributed by atoms with Gasteiger partial charge in [-0.15, -0.1) is 6.58 Å². The molecule has 1 rings (SSSR count). The summed E-state index contributed by atoms with van der Waals surface area (Å²) in [5.41, 5.74) is 0.642. The molecule has 1 aromatic rings. The van der Waals surface area contributed by atoms with Gasteiger partial charge in [-0.05, 0) is 65.5 Å². The fourth-order valence-electron chi connectivity index (χ4n) is 3.28. The van der Waals surface area contributed by atoms with E-state index in [2.05, 4.69) is 46.1 Å². The molecule has 2 atom stereocenters. The smallest absolute Gasteiger partial charge is 0.407 e. The van der Waals surface area contributed by atoms with Gasteiger partial charge in [0.15, 0.2) is 0 Å². The average Bonchev–Trinajstić information content (AvgIpc) is 2.98. The molecule has 12 nitrogen and oxygen atoms in total. The van der Waals surface area contributed by atoms with E-state index in [1.54, 1.807) is 26.8 Å². The van der Waals surface area contributed by atoms with Gasteiger partial charge in [0.1, 0.15) is 30.0 Å². The molecule has 0 aliphatic rings. The number of esters is 1. The number of unbranched alkanes of at least 4 members (excludes halogenated alkanes) is 1. The number of rotatable bonds is 16. The number of alkyl carbamates (subject to hydrolysis) is 1. The predicted octanol–water partition coefficient (Wildman–Crippen LogP) is 4.12. The zero-order valence-electron chi connectivity index (χ0n) is 28.2. The van der Waals surface area contributed by atoms with Gasteiger partial charge in [-0.25, -0.2) is 9.59 Å². The Labute approximate surface area is 268 Å². The average molecular weight is 635 g/mol. The molecule has 0 heterocycles. The second-order valence-electron chi connectivity index (χ2n) is 10.5. The van der Waals surface area contributed by atoms with Crippen LogP contribution in [0.4, 0.5) is 4.79 Å². The Morgan fingerprint density at radius 2 is 1.53 bits per heavy atom. The first-order chi connectivity index (χ1) is 21.2. The molecule has 0 spiro atoms. The van der Waals surface area contributed by atoms with Crippen LogP contribution in [0.25, 0.3) is 0 Å². The number of ether oxygens (including phenoxy) is 3. The summed E-state index contributed by atoms with van der Waals surface area (Å²) in [6.07, 6.45) is 4.08. The maximum atomic E-state index is 12.7. The van der Waals surface area contributed by atoms with E-state index in [4.69, 9.17) is 9.47 Å². The first-order valence-corrected chi connectivity index (χ1v) is 15.0. The first-order valence-electron chi connectivity index (χ1n) is 15.0. The van der Waals surface area contributed by atoms with Crippen molar-refractivity contribution < 1.29 is 38.2 Å². The zero-order valence-corrected chi connectivity index (χ0v) is 28.2. The van der Waals surface area contributed by atoms with Gasteiger partial charge in [-0.3, -0.25) is 14.4 Å². The van der Waals surface area contributed by atoms with Crippen molar-refractivity contribution in [1.82, 2.24) is 21.3 Å². The van der Waals surface area contributed by atoms with Gasteiger partial charge >= 0.3 is 12.1 Å². The highest BCUT2D eigenvalue weighted by molar-refractivity contribution is 5.92. The van der Waals surface area contributed by atoms with Gasteiger partial charge in [-0.2, -0.15) is 0 Å². The fraction of sp³-hybridized carbons (Fsp3) is 0.545. The highest BCUT2D eigenvalue weighted by atomic mass is 16.6. The summed E-state index contributed by atoms with van der Waals surface area (Å²) in [4.78, 5) is 59.3. The molecule has 254 valence electrons. The molecule has 0 aliphatic carbocycles. The maximum Gasteiger partial charge on any atom is 0.407 e. The summed E-state index contributed by atoms with van der Waals surface area (Å²) >= 11 is 0. The molecule has 12 heteroatoms. The number of benzene rings is 1. The van der Waals surface area contributed by atoms with Gasteiger partial charge in [0.25, 0.3) is 0 Å². The number of aryl methyl sites for hydroxylation is 1. The van der Waals surface area contributed by atoms with Crippen LogP contribution >= 0.6 is 0 Å². The van der Waals surface area contributed by atoms with Crippen LogP contribution in [0.1, 0.15) is 72.8 Å². The third-order valence-corrected chi connectivity index (χ3v) is 5.33. The monoisotopic (exact) mass is 634 g/mol. The van der Waals surface area contributed by atoms with Crippen molar-refractivity contribution in [3.05, 3.63) is 55.1 Å². The van der Waals surface area contributed by atoms with E-state index in [1.807, 2.05) is 38.1 Å². The molecule has 0 bridgehead atoms. The van der Waals surface area contributed by atoms with E-state index in [-0.39, 0.29) is 25.3 Å². The molecule has 0 saturated carbocycles. The summed E-state index contributed by atoms with van der Waals surface area (Å²) in [7, 11) is 1.20. The lowest BCUT2D eigenvalue weighted by Crippen LogP contribution is -2.53. The molecular formula is C33H54N4O8. The lowest BCUT2D eigenvalue weighted by molar-refractivity contribution is -0.145. The summed E-state index contributed by atoms with van der Waals surface area (Å²) < 4.78 is 15.1. The van der Waals surface area contributed by atoms with Crippen molar-refractivity contribution in [2.75, 3.05) is 26.8 Å². The van der Waals surface area contributed by atoms with Crippen LogP contribution in [0, 0.1) is 6.92 Å². The van der Waals surface area contributed by atoms with Crippen molar-refractivity contribution in [3.63, 3.8) is 0 Å². The summed E-state index contributed by atoms with van der Waals surface area (Å²) in [5.74, 6) is -1.24. The van der Waals surface area contributed by atoms with E-state index in [9.17, 15) is 24.0 Å². The molecule has 1 unspecified atom stereocenters. The minimum absolute atomic E-state index is 0.158. The number of hydrogen-bond donors (Lipinski definition) is 4. The summed E-state index contributed by atoms with van der Waals surface area (Å²) in [6, 6.07) is 6.08. The quantitative estimate of drug-likeness (QED) is 0.120. The fourth-order valence-corrected chi connectivity index (χ4v) is 3.28. The third kappa shape index (κ3) is 23.7. The molecule has 0 saturated heterocycles. The molecule has 4 amide bonds. The van der Waals surface area contributed by atoms with Crippen molar-refractivity contribution in [3.8, 4) is 5.75 Å². The molecule has 0 fully saturated rings. The second kappa shape index (κ2) is 25.0. The molecule has 0 aliphatic heterocycles. The Balaban J connectivity index is 0. The van der Waals surface area contributed by atoms with Crippen molar-refractivity contribution in [1.29, 1.82) is 0 Å². The summed E-state index contributed by atoms with van der Waals surface area (Å²) in [5, 5.41) is 10.1. The number of hydrogen-bond acceptors (Lipinski definition) is 8. The largest absolute Gasteiger partial charge is 0.490 e. The van der Waals surface area contributed by atoms with Crippen LogP contribution in [0.15, 0.2) is 49.6 Å². The van der Waals surface area contributed by atoms with Gasteiger partial charge < -0.3 is 35.5 Å². The van der Waals surface area contributed by atoms with Crippen LogP contribution < -0.4 is 26.0 Å². The van der Waals surface area contributed by atoms with Crippen molar-refractivity contribution in [2.45, 2.75) is 91.8 Å². The predicted molar refractivity (Wildman–Crippen MR) is 176 cm³/mol. The van der Waals surface area contributed by atoms with Crippen LogP contribution in [0.5, 0.6) is 5.75 Å². The third-order valence-electron chi connectivity index (χ3n) is 5.33. The van der Waals surface area contributed by atoms with Crippen molar-refractivity contribution >= 4 is 29.8 Å². The lowest BCUT2D eigenvalue weighted by atomic mass is 10.1. The minimum Gasteiger partial charge on any atom is -0.490 e. The summed E-state index contributed by atoms with van der Waals surface area (Å²) in [6.45, 7) is 20.3. The molecule has 0 aromatic heterocycles. The van der Waals surface area contributed by atoms with Gasteiger partial charge in [0.05, 0.1) is 13.7 Å². The van der Waals surface area contributed by atoms with Gasteiger partial charge in [0.2, 0.25) is 17.7 Å². The second-order valence-corrected chi connectivity index (χ2v) is 10.5. The molecule has 45 heavy (non-hydrogen) atoms. The molecule has 0 radical (unpaired) electrons. The Hall–Kier alpha value is -4.35. The van der Waals surface area contributed by atoms with Crippen LogP contribution in [0.2, 0.25) is 0 Å². The Morgan fingerprint density at radius 3 is 2.04 bits per heavy atom. The molecular weight excluding hydrogens is 580 g/mol. The Kier molecular flexibility index (Phi) is 23.8. The number of nitrogens with one attached hydrogen (secondary N) is 4. The number of methoxy groups -OCH3 is 1. The minimum atomic E-state index is -0.949. The van der Waals surface area contributed by atoms with Gasteiger partial charge in [-0.1, -0.05) is 50.3 Å². The van der Waals surface area contributed by atoms with Crippen LogP contribution in [0.3, 0.4) is 0 Å². The Bertz CT molecular complexity index is 1050. The lowest BCUT2D eigenvalue weighted by Gasteiger charge is -2.22. The van der Waals surface area contributed by atoms with E-state index >= 15 is 0 Å². The molecule has 4 N–H and O–H groups in total. The zero-order chi connectivity index (χ0) is 34.8. The van der Waals surface area contributed by atoms with E-state index in [0.29, 0.717) is 26.0 Å². The van der Waals surface area contributed by atoms with Crippen LogP contribution in [-0.4, -0.2) is 74.3 Å². The standard InChI is InChI=1S/C21H36N4O7.C10H12O.C2H6/c1-7-10-16(19(29)31-6)25-18(28)15(24-17(27)13-23-14(2)26)11-8-9-12-22-20(30)32-21(3,4)5;1-3-8-11-10-6-4-9(2)5-7-10;1-2/h7,15-16H,1,8-13H2,2-6H3,(H,22,30)(H,23,26)(H,24,27)(H,25,28);3-7H,1,8H2,2H3;1-2H3/t15?,16-;;/m0../s1. The SMILES string of the molecule is C=CCOc1ccc(C)cc1.C=CC[C@H](NC(=O)C(CCCCNC(=O)OC(C)(C)C)NC(=O)CNC(C)=O)C(=O)OC.CC.